The fourth-order valence-electron chi connectivity index (χ4n) is 6.35. The zero-order valence-electron chi connectivity index (χ0n) is 23.4. The molecule has 3 amide bonds. The van der Waals surface area contributed by atoms with Crippen molar-refractivity contribution in [3.63, 3.8) is 0 Å². The highest BCUT2D eigenvalue weighted by Crippen LogP contribution is 2.43. The first-order valence-electron chi connectivity index (χ1n) is 14.4. The molecule has 43 heavy (non-hydrogen) atoms. The summed E-state index contributed by atoms with van der Waals surface area (Å²) in [7, 11) is 0. The van der Waals surface area contributed by atoms with Gasteiger partial charge < -0.3 is 20.0 Å². The largest absolute Gasteiger partial charge is 0.451 e. The van der Waals surface area contributed by atoms with Crippen LogP contribution in [-0.4, -0.2) is 52.0 Å². The van der Waals surface area contributed by atoms with Crippen molar-refractivity contribution in [2.24, 2.45) is 11.8 Å². The fraction of sp³-hybridized carbons (Fsp3) is 0.303. The second-order valence-electron chi connectivity index (χ2n) is 11.2. The summed E-state index contributed by atoms with van der Waals surface area (Å²) in [5.41, 5.74) is 1.92. The lowest BCUT2D eigenvalue weighted by Crippen LogP contribution is -2.55. The number of carbonyl (C=O) groups is 4. The second kappa shape index (κ2) is 12.4. The van der Waals surface area contributed by atoms with Crippen molar-refractivity contribution in [2.75, 3.05) is 6.54 Å². The molecule has 0 unspecified atom stereocenters. The van der Waals surface area contributed by atoms with Crippen LogP contribution in [0.25, 0.3) is 11.0 Å². The van der Waals surface area contributed by atoms with Crippen molar-refractivity contribution >= 4 is 46.1 Å². The van der Waals surface area contributed by atoms with Crippen LogP contribution in [0.15, 0.2) is 83.4 Å². The van der Waals surface area contributed by atoms with Gasteiger partial charge in [-0.05, 0) is 66.6 Å². The molecular weight excluding hydrogens is 568 g/mol. The third kappa shape index (κ3) is 6.17. The summed E-state index contributed by atoms with van der Waals surface area (Å²) < 4.78 is 5.85. The Balaban J connectivity index is 1.23. The molecule has 2 aromatic heterocycles. The molecule has 2 N–H and O–H groups in total. The van der Waals surface area contributed by atoms with E-state index in [9.17, 15) is 19.2 Å². The molecule has 220 valence electrons. The van der Waals surface area contributed by atoms with E-state index in [0.717, 1.165) is 24.8 Å². The molecule has 2 fully saturated rings. The van der Waals surface area contributed by atoms with Crippen LogP contribution in [0.5, 0.6) is 0 Å². The summed E-state index contributed by atoms with van der Waals surface area (Å²) in [5.74, 6) is -2.17. The lowest BCUT2D eigenvalue weighted by atomic mass is 9.92. The van der Waals surface area contributed by atoms with Crippen molar-refractivity contribution in [3.8, 4) is 0 Å². The number of carbonyl (C=O) groups excluding carboxylic acids is 4. The van der Waals surface area contributed by atoms with Crippen molar-refractivity contribution in [1.29, 1.82) is 0 Å². The summed E-state index contributed by atoms with van der Waals surface area (Å²) in [6.07, 6.45) is 4.40. The summed E-state index contributed by atoms with van der Waals surface area (Å²) in [6.45, 7) is 0.496. The van der Waals surface area contributed by atoms with E-state index in [1.54, 1.807) is 53.6 Å². The van der Waals surface area contributed by atoms with Gasteiger partial charge in [0, 0.05) is 29.6 Å². The van der Waals surface area contributed by atoms with Crippen LogP contribution in [0.3, 0.4) is 0 Å². The van der Waals surface area contributed by atoms with E-state index in [1.165, 1.54) is 0 Å². The first kappa shape index (κ1) is 28.6. The molecule has 2 aliphatic rings. The monoisotopic (exact) mass is 598 g/mol. The number of Topliss-reactive ketones (excluding diaryl/α,β-unsaturated/α-hetero) is 1. The van der Waals surface area contributed by atoms with E-state index in [2.05, 4.69) is 15.6 Å². The number of fused-ring (bicyclic) bond motifs is 2. The smallest absolute Gasteiger partial charge is 0.290 e. The molecular formula is C33H31ClN4O5. The van der Waals surface area contributed by atoms with Gasteiger partial charge in [0.2, 0.25) is 11.7 Å². The number of amides is 3. The van der Waals surface area contributed by atoms with Gasteiger partial charge in [-0.15, -0.1) is 0 Å². The number of pyridine rings is 1. The molecule has 1 aliphatic heterocycles. The molecule has 10 heteroatoms. The Morgan fingerprint density at radius 2 is 1.81 bits per heavy atom. The van der Waals surface area contributed by atoms with Crippen LogP contribution < -0.4 is 10.6 Å². The van der Waals surface area contributed by atoms with Gasteiger partial charge in [0.25, 0.3) is 11.8 Å². The molecule has 0 radical (unpaired) electrons. The predicted octanol–water partition coefficient (Wildman–Crippen LogP) is 4.33. The minimum absolute atomic E-state index is 0.0479. The first-order chi connectivity index (χ1) is 20.9. The van der Waals surface area contributed by atoms with Gasteiger partial charge >= 0.3 is 0 Å². The molecule has 1 saturated carbocycles. The van der Waals surface area contributed by atoms with Crippen LogP contribution in [0.4, 0.5) is 0 Å². The average Bonchev–Trinajstić information content (AvgIpc) is 3.74. The Kier molecular flexibility index (Phi) is 8.24. The molecule has 3 heterocycles. The van der Waals surface area contributed by atoms with E-state index >= 15 is 0 Å². The standard InChI is InChI=1S/C33H31ClN4O5/c34-23-12-13-27-22(16-23)17-28(43-27)33(42)38-19-21-9-6-11-25(21)29(38)31(40)37-26(15-20-7-2-1-3-8-20)30(39)32(41)36-18-24-10-4-5-14-35-24/h1-5,7-8,10,12-14,16-17,21,25-26,29H,6,9,11,15,18-19H2,(H,36,41)(H,37,40)/t21-,25-,26+,29-/m0/s1. The number of nitrogens with one attached hydrogen (secondary N) is 2. The number of halogens is 1. The van der Waals surface area contributed by atoms with E-state index in [0.29, 0.717) is 28.2 Å². The van der Waals surface area contributed by atoms with Gasteiger partial charge in [-0.3, -0.25) is 24.2 Å². The van der Waals surface area contributed by atoms with Crippen LogP contribution in [0, 0.1) is 11.8 Å². The zero-order chi connectivity index (χ0) is 29.9. The van der Waals surface area contributed by atoms with E-state index in [4.69, 9.17) is 16.0 Å². The highest BCUT2D eigenvalue weighted by Gasteiger charge is 2.50. The third-order valence-electron chi connectivity index (χ3n) is 8.40. The second-order valence-corrected chi connectivity index (χ2v) is 11.6. The molecule has 0 bridgehead atoms. The van der Waals surface area contributed by atoms with Crippen LogP contribution in [-0.2, 0) is 27.3 Å². The summed E-state index contributed by atoms with van der Waals surface area (Å²) >= 11 is 6.12. The summed E-state index contributed by atoms with van der Waals surface area (Å²) in [5, 5.41) is 6.71. The highest BCUT2D eigenvalue weighted by molar-refractivity contribution is 6.38. The van der Waals surface area contributed by atoms with Crippen molar-refractivity contribution < 1.29 is 23.6 Å². The van der Waals surface area contributed by atoms with Gasteiger partial charge in [-0.1, -0.05) is 54.4 Å². The van der Waals surface area contributed by atoms with Gasteiger partial charge in [0.15, 0.2) is 5.76 Å². The zero-order valence-corrected chi connectivity index (χ0v) is 24.1. The van der Waals surface area contributed by atoms with Crippen LogP contribution in [0.1, 0.15) is 41.1 Å². The Hall–Kier alpha value is -4.50. The lowest BCUT2D eigenvalue weighted by Gasteiger charge is -2.28. The molecule has 1 aliphatic carbocycles. The normalized spacial score (nSPS) is 20.0. The molecule has 2 aromatic carbocycles. The van der Waals surface area contributed by atoms with Crippen LogP contribution >= 0.6 is 11.6 Å². The van der Waals surface area contributed by atoms with Gasteiger partial charge in [-0.2, -0.15) is 0 Å². The van der Waals surface area contributed by atoms with Crippen molar-refractivity contribution in [3.05, 3.63) is 101 Å². The maximum Gasteiger partial charge on any atom is 0.290 e. The third-order valence-corrected chi connectivity index (χ3v) is 8.64. The molecule has 1 saturated heterocycles. The number of hydrogen-bond acceptors (Lipinski definition) is 6. The number of likely N-dealkylation sites (tertiary alicyclic amines) is 1. The van der Waals surface area contributed by atoms with Gasteiger partial charge in [0.05, 0.1) is 12.2 Å². The molecule has 9 nitrogen and oxygen atoms in total. The predicted molar refractivity (Wildman–Crippen MR) is 160 cm³/mol. The number of rotatable bonds is 9. The minimum atomic E-state index is -1.12. The Bertz CT molecular complexity index is 1660. The minimum Gasteiger partial charge on any atom is -0.451 e. The SMILES string of the molecule is O=C(NCc1ccccn1)C(=O)[C@@H](Cc1ccccc1)NC(=O)[C@@H]1[C@H]2CCC[C@H]2CN1C(=O)c1cc2cc(Cl)ccc2o1. The fourth-order valence-corrected chi connectivity index (χ4v) is 6.53. The molecule has 6 rings (SSSR count). The topological polar surface area (TPSA) is 122 Å². The number of nitrogens with zero attached hydrogens (tertiary/aromatic N) is 2. The van der Waals surface area contributed by atoms with Crippen LogP contribution in [0.2, 0.25) is 5.02 Å². The van der Waals surface area contributed by atoms with Gasteiger partial charge in [0.1, 0.15) is 17.7 Å². The molecule has 0 spiro atoms. The molecule has 4 atom stereocenters. The Labute approximate surface area is 253 Å². The Morgan fingerprint density at radius 1 is 1.00 bits per heavy atom. The Morgan fingerprint density at radius 3 is 2.60 bits per heavy atom. The van der Waals surface area contributed by atoms with E-state index < -0.39 is 29.7 Å². The summed E-state index contributed by atoms with van der Waals surface area (Å²) in [6, 6.07) is 19.3. The quantitative estimate of drug-likeness (QED) is 0.277. The van der Waals surface area contributed by atoms with Crippen molar-refractivity contribution in [2.45, 2.75) is 44.3 Å². The maximum atomic E-state index is 14.0. The number of hydrogen-bond donors (Lipinski definition) is 2. The number of aromatic nitrogens is 1. The number of benzene rings is 2. The lowest BCUT2D eigenvalue weighted by molar-refractivity contribution is -0.140. The van der Waals surface area contributed by atoms with Gasteiger partial charge in [-0.25, -0.2) is 0 Å². The maximum absolute atomic E-state index is 14.0. The number of ketones is 1. The highest BCUT2D eigenvalue weighted by atomic mass is 35.5. The molecule has 4 aromatic rings. The number of furan rings is 1. The summed E-state index contributed by atoms with van der Waals surface area (Å²) in [4.78, 5) is 59.9. The average molecular weight is 599 g/mol. The van der Waals surface area contributed by atoms with E-state index in [-0.39, 0.29) is 36.5 Å². The van der Waals surface area contributed by atoms with Crippen molar-refractivity contribution in [1.82, 2.24) is 20.5 Å². The van der Waals surface area contributed by atoms with E-state index in [1.807, 2.05) is 30.3 Å². The first-order valence-corrected chi connectivity index (χ1v) is 14.8.